The molecule has 7 heteroatoms. The van der Waals surface area contributed by atoms with Gasteiger partial charge in [-0.25, -0.2) is 12.7 Å². The van der Waals surface area contributed by atoms with E-state index in [2.05, 4.69) is 5.32 Å². The van der Waals surface area contributed by atoms with Gasteiger partial charge >= 0.3 is 0 Å². The zero-order valence-electron chi connectivity index (χ0n) is 11.8. The molecule has 1 heterocycles. The van der Waals surface area contributed by atoms with Crippen LogP contribution in [0.15, 0.2) is 41.3 Å². The van der Waals surface area contributed by atoms with Crippen LogP contribution in [0.2, 0.25) is 4.34 Å². The molecule has 21 heavy (non-hydrogen) atoms. The lowest BCUT2D eigenvalue weighted by molar-refractivity contribution is 0.520. The summed E-state index contributed by atoms with van der Waals surface area (Å²) in [5.41, 5.74) is 1.04. The molecule has 2 rings (SSSR count). The summed E-state index contributed by atoms with van der Waals surface area (Å²) in [6, 6.07) is 10.8. The van der Waals surface area contributed by atoms with E-state index in [1.165, 1.54) is 23.3 Å². The molecule has 0 atom stereocenters. The number of hydrogen-bond acceptors (Lipinski definition) is 4. The van der Waals surface area contributed by atoms with Crippen LogP contribution in [-0.4, -0.2) is 26.8 Å². The number of nitrogens with zero attached hydrogens (tertiary/aromatic N) is 1. The van der Waals surface area contributed by atoms with E-state index in [9.17, 15) is 8.42 Å². The highest BCUT2D eigenvalue weighted by molar-refractivity contribution is 7.89. The van der Waals surface area contributed by atoms with Crippen LogP contribution >= 0.6 is 22.9 Å². The summed E-state index contributed by atoms with van der Waals surface area (Å²) in [5, 5.41) is 3.30. The van der Waals surface area contributed by atoms with Crippen molar-refractivity contribution in [1.82, 2.24) is 9.62 Å². The van der Waals surface area contributed by atoms with Gasteiger partial charge in [-0.05, 0) is 29.8 Å². The molecule has 4 nitrogen and oxygen atoms in total. The van der Waals surface area contributed by atoms with Gasteiger partial charge in [0.15, 0.2) is 0 Å². The second kappa shape index (κ2) is 6.89. The molecule has 0 bridgehead atoms. The van der Waals surface area contributed by atoms with Gasteiger partial charge in [-0.1, -0.05) is 23.7 Å². The first-order chi connectivity index (χ1) is 9.89. The summed E-state index contributed by atoms with van der Waals surface area (Å²) >= 11 is 7.42. The van der Waals surface area contributed by atoms with Crippen LogP contribution in [0.5, 0.6) is 0 Å². The minimum Gasteiger partial charge on any atom is -0.308 e. The lowest BCUT2D eigenvalue weighted by atomic mass is 10.2. The second-order valence-electron chi connectivity index (χ2n) is 4.74. The molecule has 0 aliphatic rings. The van der Waals surface area contributed by atoms with Crippen molar-refractivity contribution >= 4 is 33.0 Å². The van der Waals surface area contributed by atoms with Crippen molar-refractivity contribution in [2.24, 2.45) is 0 Å². The monoisotopic (exact) mass is 344 g/mol. The van der Waals surface area contributed by atoms with Gasteiger partial charge < -0.3 is 5.32 Å². The highest BCUT2D eigenvalue weighted by Crippen LogP contribution is 2.21. The summed E-state index contributed by atoms with van der Waals surface area (Å²) < 4.78 is 25.9. The van der Waals surface area contributed by atoms with E-state index in [4.69, 9.17) is 11.6 Å². The Morgan fingerprint density at radius 3 is 2.29 bits per heavy atom. The minimum absolute atomic E-state index is 0.307. The van der Waals surface area contributed by atoms with Crippen molar-refractivity contribution in [3.8, 4) is 0 Å². The lowest BCUT2D eigenvalue weighted by Crippen LogP contribution is -2.22. The van der Waals surface area contributed by atoms with Gasteiger partial charge in [0, 0.05) is 32.1 Å². The molecule has 0 fully saturated rings. The summed E-state index contributed by atoms with van der Waals surface area (Å²) in [6.45, 7) is 1.42. The van der Waals surface area contributed by atoms with Gasteiger partial charge in [-0.2, -0.15) is 0 Å². The maximum Gasteiger partial charge on any atom is 0.242 e. The van der Waals surface area contributed by atoms with Gasteiger partial charge in [0.25, 0.3) is 0 Å². The Morgan fingerprint density at radius 2 is 1.76 bits per heavy atom. The van der Waals surface area contributed by atoms with Crippen LogP contribution in [0, 0.1) is 0 Å². The summed E-state index contributed by atoms with van der Waals surface area (Å²) in [7, 11) is -0.305. The standard InChI is InChI=1S/C14H17ClN2O2S2/c1-17(2)21(18,19)13-6-3-11(4-7-13)9-16-10-12-5-8-14(15)20-12/h3-8,16H,9-10H2,1-2H3. The fourth-order valence-electron chi connectivity index (χ4n) is 1.77. The zero-order chi connectivity index (χ0) is 15.5. The summed E-state index contributed by atoms with van der Waals surface area (Å²) in [6.07, 6.45) is 0. The highest BCUT2D eigenvalue weighted by atomic mass is 35.5. The Hall–Kier alpha value is -0.920. The molecule has 0 aliphatic carbocycles. The zero-order valence-corrected chi connectivity index (χ0v) is 14.2. The van der Waals surface area contributed by atoms with E-state index < -0.39 is 10.0 Å². The van der Waals surface area contributed by atoms with Gasteiger partial charge in [-0.3, -0.25) is 0 Å². The molecule has 0 unspecified atom stereocenters. The molecular weight excluding hydrogens is 328 g/mol. The fraction of sp³-hybridized carbons (Fsp3) is 0.286. The predicted octanol–water partition coefficient (Wildman–Crippen LogP) is 2.94. The third kappa shape index (κ3) is 4.28. The van der Waals surface area contributed by atoms with E-state index in [0.29, 0.717) is 11.4 Å². The van der Waals surface area contributed by atoms with Gasteiger partial charge in [0.1, 0.15) is 0 Å². The topological polar surface area (TPSA) is 49.4 Å². The van der Waals surface area contributed by atoms with Gasteiger partial charge in [0.05, 0.1) is 9.23 Å². The SMILES string of the molecule is CN(C)S(=O)(=O)c1ccc(CNCc2ccc(Cl)s2)cc1. The first-order valence-corrected chi connectivity index (χ1v) is 8.99. The van der Waals surface area contributed by atoms with Crippen molar-refractivity contribution < 1.29 is 8.42 Å². The molecule has 0 saturated carbocycles. The Bertz CT molecular complexity index is 694. The number of halogens is 1. The van der Waals surface area contributed by atoms with Crippen molar-refractivity contribution in [2.75, 3.05) is 14.1 Å². The molecule has 114 valence electrons. The predicted molar refractivity (Wildman–Crippen MR) is 87.2 cm³/mol. The molecule has 1 aromatic carbocycles. The molecule has 1 aromatic heterocycles. The van der Waals surface area contributed by atoms with Crippen LogP contribution in [-0.2, 0) is 23.1 Å². The average Bonchev–Trinajstić information content (AvgIpc) is 2.85. The molecular formula is C14H17ClN2O2S2. The molecule has 0 spiro atoms. The lowest BCUT2D eigenvalue weighted by Gasteiger charge is -2.11. The van der Waals surface area contributed by atoms with Gasteiger partial charge in [0.2, 0.25) is 10.0 Å². The molecule has 2 aromatic rings. The van der Waals surface area contributed by atoms with E-state index >= 15 is 0 Å². The maximum atomic E-state index is 11.9. The van der Waals surface area contributed by atoms with E-state index in [0.717, 1.165) is 16.4 Å². The van der Waals surface area contributed by atoms with Crippen molar-refractivity contribution in [3.05, 3.63) is 51.2 Å². The van der Waals surface area contributed by atoms with Crippen LogP contribution in [0.4, 0.5) is 0 Å². The van der Waals surface area contributed by atoms with E-state index in [-0.39, 0.29) is 0 Å². The third-order valence-electron chi connectivity index (χ3n) is 2.96. The Morgan fingerprint density at radius 1 is 1.10 bits per heavy atom. The molecule has 1 N–H and O–H groups in total. The van der Waals surface area contributed by atoms with Crippen LogP contribution in [0.1, 0.15) is 10.4 Å². The van der Waals surface area contributed by atoms with Crippen molar-refractivity contribution in [2.45, 2.75) is 18.0 Å². The number of nitrogens with one attached hydrogen (secondary N) is 1. The largest absolute Gasteiger partial charge is 0.308 e. The van der Waals surface area contributed by atoms with Crippen LogP contribution in [0.25, 0.3) is 0 Å². The fourth-order valence-corrected chi connectivity index (χ4v) is 3.73. The smallest absolute Gasteiger partial charge is 0.242 e. The first kappa shape index (κ1) is 16.5. The first-order valence-electron chi connectivity index (χ1n) is 6.36. The molecule has 0 saturated heterocycles. The normalized spacial score (nSPS) is 12.0. The quantitative estimate of drug-likeness (QED) is 0.876. The number of hydrogen-bond donors (Lipinski definition) is 1. The summed E-state index contributed by atoms with van der Waals surface area (Å²) in [4.78, 5) is 1.48. The van der Waals surface area contributed by atoms with Crippen molar-refractivity contribution in [3.63, 3.8) is 0 Å². The van der Waals surface area contributed by atoms with E-state index in [1.807, 2.05) is 24.3 Å². The number of thiophene rings is 1. The Kier molecular flexibility index (Phi) is 5.40. The second-order valence-corrected chi connectivity index (χ2v) is 8.69. The van der Waals surface area contributed by atoms with Crippen molar-refractivity contribution in [1.29, 1.82) is 0 Å². The third-order valence-corrected chi connectivity index (χ3v) is 6.02. The maximum absolute atomic E-state index is 11.9. The van der Waals surface area contributed by atoms with E-state index in [1.54, 1.807) is 23.5 Å². The van der Waals surface area contributed by atoms with Gasteiger partial charge in [-0.15, -0.1) is 11.3 Å². The molecule has 0 radical (unpaired) electrons. The van der Waals surface area contributed by atoms with Crippen LogP contribution in [0.3, 0.4) is 0 Å². The van der Waals surface area contributed by atoms with Crippen LogP contribution < -0.4 is 5.32 Å². The Labute approximate surface area is 134 Å². The summed E-state index contributed by atoms with van der Waals surface area (Å²) in [5.74, 6) is 0. The number of rotatable bonds is 6. The number of sulfonamides is 1. The molecule has 0 amide bonds. The Balaban J connectivity index is 1.94. The number of benzene rings is 1. The minimum atomic E-state index is -3.35. The average molecular weight is 345 g/mol. The highest BCUT2D eigenvalue weighted by Gasteiger charge is 2.16. The molecule has 0 aliphatic heterocycles.